The maximum atomic E-state index is 13.5. The number of nitrogens with zero attached hydrogens (tertiary/aromatic N) is 1. The first-order valence-corrected chi connectivity index (χ1v) is 8.56. The summed E-state index contributed by atoms with van der Waals surface area (Å²) in [5.74, 6) is -0.803. The van der Waals surface area contributed by atoms with Gasteiger partial charge in [0.05, 0.1) is 13.1 Å². The second-order valence-electron chi connectivity index (χ2n) is 6.10. The highest BCUT2D eigenvalue weighted by molar-refractivity contribution is 5.93. The Hall–Kier alpha value is -2.73. The predicted octanol–water partition coefficient (Wildman–Crippen LogP) is 2.57. The van der Waals surface area contributed by atoms with Crippen LogP contribution in [-0.4, -0.2) is 36.9 Å². The number of hydrogen-bond donors (Lipinski definition) is 2. The second-order valence-corrected chi connectivity index (χ2v) is 6.10. The van der Waals surface area contributed by atoms with E-state index in [0.29, 0.717) is 5.56 Å². The number of likely N-dealkylation sites (N-methyl/N-ethyl adjacent to an activating group) is 1. The molecule has 0 heterocycles. The summed E-state index contributed by atoms with van der Waals surface area (Å²) in [5.41, 5.74) is 2.28. The Labute approximate surface area is 153 Å². The number of carbonyl (C=O) groups is 2. The largest absolute Gasteiger partial charge is 0.351 e. The number of para-hydroxylation sites is 1. The summed E-state index contributed by atoms with van der Waals surface area (Å²) >= 11 is 0. The highest BCUT2D eigenvalue weighted by Gasteiger charge is 2.12. The Bertz CT molecular complexity index is 764. The third-order valence-corrected chi connectivity index (χ3v) is 3.93. The summed E-state index contributed by atoms with van der Waals surface area (Å²) in [7, 11) is 1.69. The fourth-order valence-corrected chi connectivity index (χ4v) is 2.58. The standard InChI is InChI=1S/C20H24FN3O2/c1-3-15-8-5-7-11-18(15)23-20(26)14-24(2)13-19(25)22-12-16-9-4-6-10-17(16)21/h4-11H,3,12-14H2,1-2H3,(H,22,25)(H,23,26). The van der Waals surface area contributed by atoms with Crippen molar-refractivity contribution in [2.45, 2.75) is 19.9 Å². The van der Waals surface area contributed by atoms with E-state index in [1.54, 1.807) is 30.1 Å². The molecular formula is C20H24FN3O2. The molecule has 2 amide bonds. The molecule has 0 radical (unpaired) electrons. The molecule has 0 bridgehead atoms. The van der Waals surface area contributed by atoms with Crippen LogP contribution in [0.3, 0.4) is 0 Å². The smallest absolute Gasteiger partial charge is 0.238 e. The van der Waals surface area contributed by atoms with Gasteiger partial charge in [-0.2, -0.15) is 0 Å². The molecule has 0 saturated carbocycles. The maximum absolute atomic E-state index is 13.5. The number of benzene rings is 2. The monoisotopic (exact) mass is 357 g/mol. The molecule has 0 aliphatic heterocycles. The first-order valence-electron chi connectivity index (χ1n) is 8.56. The van der Waals surface area contributed by atoms with Gasteiger partial charge in [0.2, 0.25) is 11.8 Å². The van der Waals surface area contributed by atoms with E-state index in [9.17, 15) is 14.0 Å². The molecule has 0 unspecified atom stereocenters. The molecule has 2 rings (SSSR count). The van der Waals surface area contributed by atoms with E-state index in [-0.39, 0.29) is 37.3 Å². The average molecular weight is 357 g/mol. The Morgan fingerprint density at radius 2 is 1.58 bits per heavy atom. The van der Waals surface area contributed by atoms with Gasteiger partial charge in [-0.15, -0.1) is 0 Å². The Morgan fingerprint density at radius 3 is 2.27 bits per heavy atom. The minimum Gasteiger partial charge on any atom is -0.351 e. The number of aryl methyl sites for hydroxylation is 1. The SMILES string of the molecule is CCc1ccccc1NC(=O)CN(C)CC(=O)NCc1ccccc1F. The summed E-state index contributed by atoms with van der Waals surface area (Å²) in [6.07, 6.45) is 0.824. The van der Waals surface area contributed by atoms with E-state index < -0.39 is 0 Å². The van der Waals surface area contributed by atoms with Gasteiger partial charge in [-0.3, -0.25) is 14.5 Å². The number of carbonyl (C=O) groups excluding carboxylic acids is 2. The molecule has 2 aromatic carbocycles. The fraction of sp³-hybridized carbons (Fsp3) is 0.300. The first kappa shape index (κ1) is 19.6. The lowest BCUT2D eigenvalue weighted by molar-refractivity contribution is -0.123. The van der Waals surface area contributed by atoms with Gasteiger partial charge >= 0.3 is 0 Å². The highest BCUT2D eigenvalue weighted by Crippen LogP contribution is 2.15. The topological polar surface area (TPSA) is 61.4 Å². The molecule has 5 nitrogen and oxygen atoms in total. The van der Waals surface area contributed by atoms with Crippen LogP contribution in [0.4, 0.5) is 10.1 Å². The zero-order chi connectivity index (χ0) is 18.9. The van der Waals surface area contributed by atoms with Crippen LogP contribution >= 0.6 is 0 Å². The van der Waals surface area contributed by atoms with Gasteiger partial charge in [0.1, 0.15) is 5.82 Å². The summed E-state index contributed by atoms with van der Waals surface area (Å²) in [4.78, 5) is 25.7. The van der Waals surface area contributed by atoms with E-state index in [0.717, 1.165) is 17.7 Å². The van der Waals surface area contributed by atoms with Crippen LogP contribution in [0.2, 0.25) is 0 Å². The van der Waals surface area contributed by atoms with Gasteiger partial charge in [0, 0.05) is 17.8 Å². The van der Waals surface area contributed by atoms with Crippen LogP contribution in [0.15, 0.2) is 48.5 Å². The lowest BCUT2D eigenvalue weighted by atomic mass is 10.1. The lowest BCUT2D eigenvalue weighted by Crippen LogP contribution is -2.38. The van der Waals surface area contributed by atoms with E-state index in [1.165, 1.54) is 6.07 Å². The lowest BCUT2D eigenvalue weighted by Gasteiger charge is -2.17. The number of anilines is 1. The number of nitrogens with one attached hydrogen (secondary N) is 2. The Morgan fingerprint density at radius 1 is 0.962 bits per heavy atom. The summed E-state index contributed by atoms with van der Waals surface area (Å²) in [5, 5.41) is 5.53. The van der Waals surface area contributed by atoms with Crippen molar-refractivity contribution < 1.29 is 14.0 Å². The zero-order valence-electron chi connectivity index (χ0n) is 15.1. The molecule has 0 aromatic heterocycles. The molecule has 2 aromatic rings. The van der Waals surface area contributed by atoms with Crippen molar-refractivity contribution in [2.75, 3.05) is 25.5 Å². The van der Waals surface area contributed by atoms with E-state index in [2.05, 4.69) is 10.6 Å². The van der Waals surface area contributed by atoms with Crippen LogP contribution in [0.25, 0.3) is 0 Å². The molecule has 0 aliphatic rings. The van der Waals surface area contributed by atoms with Crippen molar-refractivity contribution in [1.29, 1.82) is 0 Å². The molecule has 2 N–H and O–H groups in total. The molecule has 6 heteroatoms. The van der Waals surface area contributed by atoms with Gasteiger partial charge < -0.3 is 10.6 Å². The van der Waals surface area contributed by atoms with Crippen molar-refractivity contribution in [3.8, 4) is 0 Å². The van der Waals surface area contributed by atoms with Crippen LogP contribution in [0, 0.1) is 5.82 Å². The molecule has 138 valence electrons. The summed E-state index contributed by atoms with van der Waals surface area (Å²) < 4.78 is 13.5. The van der Waals surface area contributed by atoms with Gasteiger partial charge in [-0.05, 0) is 31.2 Å². The minimum absolute atomic E-state index is 0.0529. The minimum atomic E-state index is -0.352. The third kappa shape index (κ3) is 5.97. The molecule has 0 aliphatic carbocycles. The van der Waals surface area contributed by atoms with Crippen molar-refractivity contribution in [3.05, 3.63) is 65.5 Å². The van der Waals surface area contributed by atoms with Crippen molar-refractivity contribution in [2.24, 2.45) is 0 Å². The number of amides is 2. The second kappa shape index (κ2) is 9.68. The molecule has 0 atom stereocenters. The highest BCUT2D eigenvalue weighted by atomic mass is 19.1. The maximum Gasteiger partial charge on any atom is 0.238 e. The average Bonchev–Trinajstić information content (AvgIpc) is 2.61. The van der Waals surface area contributed by atoms with Crippen LogP contribution in [0.5, 0.6) is 0 Å². The van der Waals surface area contributed by atoms with Crippen LogP contribution in [0.1, 0.15) is 18.1 Å². The number of halogens is 1. The molecule has 0 saturated heterocycles. The first-order chi connectivity index (χ1) is 12.5. The molecule has 26 heavy (non-hydrogen) atoms. The van der Waals surface area contributed by atoms with Crippen molar-refractivity contribution in [3.63, 3.8) is 0 Å². The quantitative estimate of drug-likeness (QED) is 0.763. The van der Waals surface area contributed by atoms with Gasteiger partial charge in [0.25, 0.3) is 0 Å². The number of rotatable bonds is 8. The van der Waals surface area contributed by atoms with E-state index in [4.69, 9.17) is 0 Å². The van der Waals surface area contributed by atoms with Crippen molar-refractivity contribution in [1.82, 2.24) is 10.2 Å². The van der Waals surface area contributed by atoms with E-state index in [1.807, 2.05) is 31.2 Å². The Balaban J connectivity index is 1.78. The Kier molecular flexibility index (Phi) is 7.29. The summed E-state index contributed by atoms with van der Waals surface area (Å²) in [6.45, 7) is 2.29. The van der Waals surface area contributed by atoms with Gasteiger partial charge in [-0.25, -0.2) is 4.39 Å². The van der Waals surface area contributed by atoms with E-state index >= 15 is 0 Å². The van der Waals surface area contributed by atoms with Gasteiger partial charge in [-0.1, -0.05) is 43.3 Å². The molecular weight excluding hydrogens is 333 g/mol. The fourth-order valence-electron chi connectivity index (χ4n) is 2.58. The predicted molar refractivity (Wildman–Crippen MR) is 100 cm³/mol. The third-order valence-electron chi connectivity index (χ3n) is 3.93. The normalized spacial score (nSPS) is 10.6. The van der Waals surface area contributed by atoms with Gasteiger partial charge in [0.15, 0.2) is 0 Å². The molecule has 0 fully saturated rings. The zero-order valence-corrected chi connectivity index (χ0v) is 15.1. The number of hydrogen-bond acceptors (Lipinski definition) is 3. The van der Waals surface area contributed by atoms with Crippen LogP contribution in [-0.2, 0) is 22.6 Å². The summed E-state index contributed by atoms with van der Waals surface area (Å²) in [6, 6.07) is 13.9. The van der Waals surface area contributed by atoms with Crippen LogP contribution < -0.4 is 10.6 Å². The molecule has 0 spiro atoms. The van der Waals surface area contributed by atoms with Crippen molar-refractivity contribution >= 4 is 17.5 Å².